The lowest BCUT2D eigenvalue weighted by molar-refractivity contribution is 0.590. The summed E-state index contributed by atoms with van der Waals surface area (Å²) in [5, 5.41) is 10.5. The van der Waals surface area contributed by atoms with E-state index in [1.54, 1.807) is 29.1 Å². The molecule has 0 aliphatic heterocycles. The van der Waals surface area contributed by atoms with Crippen molar-refractivity contribution in [2.45, 2.75) is 33.2 Å². The Labute approximate surface area is 221 Å². The number of hydrogen-bond acceptors (Lipinski definition) is 5. The Morgan fingerprint density at radius 3 is 2.51 bits per heavy atom. The van der Waals surface area contributed by atoms with Crippen LogP contribution < -0.4 is 11.1 Å². The molecule has 1 atom stereocenters. The number of benzene rings is 3. The number of nitrogen functional groups attached to an aromatic ring is 1. The molecule has 3 N–H and O–H groups in total. The van der Waals surface area contributed by atoms with Gasteiger partial charge < -0.3 is 11.1 Å². The van der Waals surface area contributed by atoms with Crippen molar-refractivity contribution in [3.63, 3.8) is 0 Å². The Morgan fingerprint density at radius 2 is 1.78 bits per heavy atom. The molecule has 6 nitrogen and oxygen atoms in total. The molecule has 5 rings (SSSR count). The van der Waals surface area contributed by atoms with Crippen molar-refractivity contribution in [1.82, 2.24) is 19.7 Å². The minimum atomic E-state index is -0.586. The van der Waals surface area contributed by atoms with Crippen LogP contribution in [0.1, 0.15) is 43.8 Å². The van der Waals surface area contributed by atoms with Gasteiger partial charge in [-0.3, -0.25) is 4.68 Å². The molecule has 0 aliphatic rings. The summed E-state index contributed by atoms with van der Waals surface area (Å²) < 4.78 is 16.9. The third kappa shape index (κ3) is 5.57. The summed E-state index contributed by atoms with van der Waals surface area (Å²) >= 11 is 6.04. The first kappa shape index (κ1) is 26.1. The summed E-state index contributed by atoms with van der Waals surface area (Å²) in [7, 11) is 1.81. The zero-order valence-electron chi connectivity index (χ0n) is 21.3. The monoisotopic (exact) mass is 516 g/mol. The predicted molar refractivity (Wildman–Crippen MR) is 150 cm³/mol. The number of rotatable bonds is 6. The fraction of sp³-hybridized carbons (Fsp3) is 0.207. The van der Waals surface area contributed by atoms with E-state index in [0.29, 0.717) is 28.1 Å². The van der Waals surface area contributed by atoms with Gasteiger partial charge in [0, 0.05) is 40.5 Å². The average Bonchev–Trinajstić information content (AvgIpc) is 3.30. The Morgan fingerprint density at radius 1 is 1.03 bits per heavy atom. The van der Waals surface area contributed by atoms with Gasteiger partial charge in [0.2, 0.25) is 0 Å². The standard InChI is InChI=1S/C27H24ClFN6.C2H6/c1-3-16-4-11-23(29)22(14-16)24(32-20-9-10-21-18(15-20)12-13-31-25(21)30)27-33-26(34-35(27)2)17-5-7-19(28)8-6-17;1-2/h4-15,24,32H,3H2,1-2H3,(H2,30,31);1-2H3. The van der Waals surface area contributed by atoms with E-state index in [-0.39, 0.29) is 5.82 Å². The van der Waals surface area contributed by atoms with Crippen molar-refractivity contribution < 1.29 is 4.39 Å². The van der Waals surface area contributed by atoms with Crippen molar-refractivity contribution in [1.29, 1.82) is 0 Å². The number of hydrogen-bond donors (Lipinski definition) is 2. The van der Waals surface area contributed by atoms with Gasteiger partial charge in [0.15, 0.2) is 11.6 Å². The molecule has 5 aromatic rings. The fourth-order valence-corrected chi connectivity index (χ4v) is 4.27. The second kappa shape index (κ2) is 11.4. The molecule has 190 valence electrons. The molecule has 2 heterocycles. The quantitative estimate of drug-likeness (QED) is 0.249. The number of pyridine rings is 1. The van der Waals surface area contributed by atoms with E-state index in [2.05, 4.69) is 15.4 Å². The molecule has 0 saturated heterocycles. The molecule has 0 radical (unpaired) electrons. The molecule has 0 fully saturated rings. The molecule has 0 bridgehead atoms. The Kier molecular flexibility index (Phi) is 8.04. The maximum atomic E-state index is 15.2. The van der Waals surface area contributed by atoms with E-state index in [4.69, 9.17) is 22.3 Å². The number of anilines is 2. The van der Waals surface area contributed by atoms with Gasteiger partial charge >= 0.3 is 0 Å². The van der Waals surface area contributed by atoms with Crippen LogP contribution in [-0.2, 0) is 13.5 Å². The van der Waals surface area contributed by atoms with E-state index in [1.165, 1.54) is 6.07 Å². The minimum absolute atomic E-state index is 0.315. The van der Waals surface area contributed by atoms with Crippen molar-refractivity contribution in [3.05, 3.63) is 101 Å². The Balaban J connectivity index is 0.00000156. The third-order valence-electron chi connectivity index (χ3n) is 6.04. The van der Waals surface area contributed by atoms with Gasteiger partial charge in [-0.05, 0) is 72.0 Å². The largest absolute Gasteiger partial charge is 0.383 e. The third-order valence-corrected chi connectivity index (χ3v) is 6.30. The maximum absolute atomic E-state index is 15.2. The Bertz CT molecular complexity index is 1510. The van der Waals surface area contributed by atoms with E-state index in [9.17, 15) is 0 Å². The van der Waals surface area contributed by atoms with E-state index in [0.717, 1.165) is 34.0 Å². The molecule has 37 heavy (non-hydrogen) atoms. The molecule has 3 aromatic carbocycles. The van der Waals surface area contributed by atoms with Crippen molar-refractivity contribution in [2.75, 3.05) is 11.1 Å². The smallest absolute Gasteiger partial charge is 0.181 e. The van der Waals surface area contributed by atoms with Gasteiger partial charge in [-0.15, -0.1) is 0 Å². The predicted octanol–water partition coefficient (Wildman–Crippen LogP) is 7.20. The van der Waals surface area contributed by atoms with Gasteiger partial charge in [-0.25, -0.2) is 14.4 Å². The van der Waals surface area contributed by atoms with Crippen LogP contribution in [0, 0.1) is 5.82 Å². The zero-order valence-corrected chi connectivity index (χ0v) is 22.1. The van der Waals surface area contributed by atoms with Crippen LogP contribution in [0.4, 0.5) is 15.9 Å². The summed E-state index contributed by atoms with van der Waals surface area (Å²) in [5.41, 5.74) is 9.17. The normalized spacial score (nSPS) is 11.6. The highest BCUT2D eigenvalue weighted by molar-refractivity contribution is 6.30. The van der Waals surface area contributed by atoms with Gasteiger partial charge in [0.25, 0.3) is 0 Å². The maximum Gasteiger partial charge on any atom is 0.181 e. The second-order valence-corrected chi connectivity index (χ2v) is 8.78. The number of halogens is 2. The molecular weight excluding hydrogens is 487 g/mol. The highest BCUT2D eigenvalue weighted by atomic mass is 35.5. The molecule has 0 amide bonds. The number of aryl methyl sites for hydroxylation is 2. The number of nitrogens with one attached hydrogen (secondary N) is 1. The van der Waals surface area contributed by atoms with Gasteiger partial charge in [-0.2, -0.15) is 5.10 Å². The molecule has 0 aliphatic carbocycles. The average molecular weight is 517 g/mol. The van der Waals surface area contributed by atoms with Crippen molar-refractivity contribution in [2.24, 2.45) is 7.05 Å². The molecule has 8 heteroatoms. The highest BCUT2D eigenvalue weighted by Crippen LogP contribution is 2.32. The van der Waals surface area contributed by atoms with Crippen molar-refractivity contribution >= 4 is 33.9 Å². The van der Waals surface area contributed by atoms with Crippen LogP contribution in [-0.4, -0.2) is 19.7 Å². The van der Waals surface area contributed by atoms with Crippen molar-refractivity contribution in [3.8, 4) is 11.4 Å². The minimum Gasteiger partial charge on any atom is -0.383 e. The number of nitrogens with two attached hydrogens (primary N) is 1. The summed E-state index contributed by atoms with van der Waals surface area (Å²) in [6, 6.07) is 19.6. The molecule has 1 unspecified atom stereocenters. The van der Waals surface area contributed by atoms with E-state index < -0.39 is 6.04 Å². The molecular formula is C29H30ClFN6. The second-order valence-electron chi connectivity index (χ2n) is 8.34. The number of nitrogens with zero attached hydrogens (tertiary/aromatic N) is 4. The van der Waals surface area contributed by atoms with E-state index in [1.807, 2.05) is 70.3 Å². The van der Waals surface area contributed by atoms with Crippen LogP contribution in [0.25, 0.3) is 22.2 Å². The number of aromatic nitrogens is 4. The summed E-state index contributed by atoms with van der Waals surface area (Å²) in [6.07, 6.45) is 2.46. The highest BCUT2D eigenvalue weighted by Gasteiger charge is 2.25. The SMILES string of the molecule is CC.CCc1ccc(F)c(C(Nc2ccc3c(N)nccc3c2)c2nc(-c3ccc(Cl)cc3)nn2C)c1. The summed E-state index contributed by atoms with van der Waals surface area (Å²) in [6.45, 7) is 6.04. The first-order valence-electron chi connectivity index (χ1n) is 12.3. The summed E-state index contributed by atoms with van der Waals surface area (Å²) in [5.74, 6) is 1.27. The lowest BCUT2D eigenvalue weighted by Crippen LogP contribution is -2.19. The molecule has 0 spiro atoms. The lowest BCUT2D eigenvalue weighted by Gasteiger charge is -2.21. The molecule has 0 saturated carbocycles. The summed E-state index contributed by atoms with van der Waals surface area (Å²) in [4.78, 5) is 8.96. The van der Waals surface area contributed by atoms with Crippen LogP contribution >= 0.6 is 11.6 Å². The number of fused-ring (bicyclic) bond motifs is 1. The fourth-order valence-electron chi connectivity index (χ4n) is 4.14. The van der Waals surface area contributed by atoms with Crippen LogP contribution in [0.3, 0.4) is 0 Å². The van der Waals surface area contributed by atoms with Gasteiger partial charge in [-0.1, -0.05) is 44.5 Å². The topological polar surface area (TPSA) is 81.7 Å². The first-order chi connectivity index (χ1) is 17.9. The van der Waals surface area contributed by atoms with Crippen LogP contribution in [0.15, 0.2) is 72.9 Å². The lowest BCUT2D eigenvalue weighted by atomic mass is 10.0. The van der Waals surface area contributed by atoms with Crippen LogP contribution in [0.5, 0.6) is 0 Å². The van der Waals surface area contributed by atoms with Gasteiger partial charge in [0.1, 0.15) is 17.7 Å². The van der Waals surface area contributed by atoms with Crippen LogP contribution in [0.2, 0.25) is 5.02 Å². The zero-order chi connectivity index (χ0) is 26.5. The van der Waals surface area contributed by atoms with E-state index >= 15 is 4.39 Å². The Hall–Kier alpha value is -3.97. The molecule has 2 aromatic heterocycles. The first-order valence-corrected chi connectivity index (χ1v) is 12.7. The van der Waals surface area contributed by atoms with Gasteiger partial charge in [0.05, 0.1) is 0 Å².